The number of fused-ring (bicyclic) bond motifs is 2. The van der Waals surface area contributed by atoms with Gasteiger partial charge in [0.2, 0.25) is 0 Å². The van der Waals surface area contributed by atoms with E-state index in [1.165, 1.54) is 0 Å². The Kier molecular flexibility index (Phi) is 10.5. The summed E-state index contributed by atoms with van der Waals surface area (Å²) in [7, 11) is 0. The first-order chi connectivity index (χ1) is 25.0. The van der Waals surface area contributed by atoms with Gasteiger partial charge in [0.25, 0.3) is 5.91 Å². The number of carbonyl (C=O) groups excluding carboxylic acids is 2. The molecule has 3 heterocycles. The Hall–Kier alpha value is -4.51. The van der Waals surface area contributed by atoms with Crippen LogP contribution >= 0.6 is 27.5 Å². The number of hydrogen-bond acceptors (Lipinski definition) is 6. The van der Waals surface area contributed by atoms with Gasteiger partial charge in [-0.2, -0.15) is 0 Å². The molecule has 5 aromatic rings. The summed E-state index contributed by atoms with van der Waals surface area (Å²) in [5, 5.41) is 0.687. The molecule has 1 aliphatic carbocycles. The van der Waals surface area contributed by atoms with E-state index in [0.717, 1.165) is 56.5 Å². The van der Waals surface area contributed by atoms with E-state index in [2.05, 4.69) is 37.9 Å². The average molecular weight is 782 g/mol. The lowest BCUT2D eigenvalue weighted by atomic mass is 9.95. The van der Waals surface area contributed by atoms with E-state index in [4.69, 9.17) is 21.3 Å². The van der Waals surface area contributed by atoms with Crippen LogP contribution in [0.15, 0.2) is 108 Å². The molecule has 3 aromatic carbocycles. The lowest BCUT2D eigenvalue weighted by molar-refractivity contribution is -0.126. The molecule has 1 saturated heterocycles. The lowest BCUT2D eigenvalue weighted by Crippen LogP contribution is -2.62. The van der Waals surface area contributed by atoms with E-state index >= 15 is 4.79 Å². The van der Waals surface area contributed by atoms with Crippen molar-refractivity contribution >= 4 is 45.2 Å². The third-order valence-electron chi connectivity index (χ3n) is 9.58. The van der Waals surface area contributed by atoms with Crippen molar-refractivity contribution in [1.82, 2.24) is 24.3 Å². The van der Waals surface area contributed by atoms with Gasteiger partial charge in [-0.25, -0.2) is 9.78 Å². The minimum atomic E-state index is -0.845. The van der Waals surface area contributed by atoms with Gasteiger partial charge in [0, 0.05) is 60.0 Å². The Balaban J connectivity index is 1.30. The highest BCUT2D eigenvalue weighted by molar-refractivity contribution is 9.10. The first-order valence-electron chi connectivity index (χ1n) is 17.6. The molecule has 2 aromatic heterocycles. The van der Waals surface area contributed by atoms with Crippen LogP contribution in [0.25, 0.3) is 0 Å². The molecule has 268 valence electrons. The minimum Gasteiger partial charge on any atom is -0.444 e. The molecular formula is C41H42BrClN6O3. The van der Waals surface area contributed by atoms with Crippen molar-refractivity contribution in [3.63, 3.8) is 0 Å². The van der Waals surface area contributed by atoms with Gasteiger partial charge in [-0.1, -0.05) is 60.1 Å². The summed E-state index contributed by atoms with van der Waals surface area (Å²) in [6.07, 6.45) is 8.41. The first-order valence-corrected chi connectivity index (χ1v) is 18.8. The highest BCUT2D eigenvalue weighted by Crippen LogP contribution is 2.39. The number of ether oxygens (including phenoxy) is 1. The predicted molar refractivity (Wildman–Crippen MR) is 206 cm³/mol. The SMILES string of the molecule is CC(C)(C)OC(=O)N1CCN([C@@H]2c3ccc(Cl)cc3CCc3cc(Br)cnc32)C[C@@H]1C(=O)N(Cc1ccccc1)c1cccc(Cn2ccnc2)c1. The van der Waals surface area contributed by atoms with E-state index in [1.54, 1.807) is 17.4 Å². The van der Waals surface area contributed by atoms with Gasteiger partial charge in [-0.15, -0.1) is 0 Å². The van der Waals surface area contributed by atoms with Gasteiger partial charge >= 0.3 is 6.09 Å². The zero-order chi connectivity index (χ0) is 36.4. The van der Waals surface area contributed by atoms with E-state index < -0.39 is 17.7 Å². The van der Waals surface area contributed by atoms with Crippen molar-refractivity contribution in [3.05, 3.63) is 147 Å². The summed E-state index contributed by atoms with van der Waals surface area (Å²) >= 11 is 10.2. The van der Waals surface area contributed by atoms with Gasteiger partial charge < -0.3 is 14.2 Å². The van der Waals surface area contributed by atoms with Crippen LogP contribution in [0.4, 0.5) is 10.5 Å². The first kappa shape index (κ1) is 35.9. The zero-order valence-corrected chi connectivity index (χ0v) is 31.9. The molecule has 0 unspecified atom stereocenters. The highest BCUT2D eigenvalue weighted by atomic mass is 79.9. The number of imidazole rings is 1. The number of halogens is 2. The molecule has 1 aliphatic heterocycles. The van der Waals surface area contributed by atoms with Crippen LogP contribution in [0.2, 0.25) is 5.02 Å². The number of hydrogen-bond donors (Lipinski definition) is 0. The third-order valence-corrected chi connectivity index (χ3v) is 10.2. The molecule has 0 spiro atoms. The molecule has 52 heavy (non-hydrogen) atoms. The Labute approximate surface area is 318 Å². The fourth-order valence-corrected chi connectivity index (χ4v) is 7.80. The molecular weight excluding hydrogens is 740 g/mol. The number of rotatable bonds is 7. The van der Waals surface area contributed by atoms with Gasteiger partial charge in [0.1, 0.15) is 11.6 Å². The topological polar surface area (TPSA) is 83.8 Å². The van der Waals surface area contributed by atoms with Crippen LogP contribution in [0.5, 0.6) is 0 Å². The molecule has 0 N–H and O–H groups in total. The maximum absolute atomic E-state index is 15.3. The number of aryl methyl sites for hydroxylation is 2. The summed E-state index contributed by atoms with van der Waals surface area (Å²) in [5.41, 5.74) is 6.39. The highest BCUT2D eigenvalue weighted by Gasteiger charge is 2.43. The van der Waals surface area contributed by atoms with Crippen molar-refractivity contribution in [2.45, 2.75) is 64.4 Å². The van der Waals surface area contributed by atoms with Crippen LogP contribution in [-0.4, -0.2) is 67.6 Å². The van der Waals surface area contributed by atoms with Crippen LogP contribution < -0.4 is 4.90 Å². The Morgan fingerprint density at radius 2 is 1.75 bits per heavy atom. The molecule has 0 saturated carbocycles. The number of benzene rings is 3. The number of aromatic nitrogens is 3. The van der Waals surface area contributed by atoms with E-state index in [-0.39, 0.29) is 18.5 Å². The number of amides is 2. The van der Waals surface area contributed by atoms with Crippen LogP contribution in [0.3, 0.4) is 0 Å². The van der Waals surface area contributed by atoms with Crippen molar-refractivity contribution in [2.75, 3.05) is 24.5 Å². The van der Waals surface area contributed by atoms with Crippen molar-refractivity contribution < 1.29 is 14.3 Å². The molecule has 2 atom stereocenters. The standard InChI is InChI=1S/C41H42BrClN6O3/c1-41(2,3)52-40(51)48-19-18-47(38-35-15-14-33(43)22-30(35)12-13-31-21-32(42)23-45-37(31)38)26-36(48)39(50)49(25-28-8-5-4-6-9-28)34-11-7-10-29(20-34)24-46-17-16-44-27-46/h4-11,14-17,20-23,27,36,38H,12-13,18-19,24-26H2,1-3H3/t36-,38-/m1/s1. The molecule has 0 bridgehead atoms. The zero-order valence-electron chi connectivity index (χ0n) is 29.6. The van der Waals surface area contributed by atoms with Gasteiger partial charge in [0.15, 0.2) is 0 Å². The van der Waals surface area contributed by atoms with Crippen molar-refractivity contribution in [2.24, 2.45) is 0 Å². The third kappa shape index (κ3) is 8.09. The maximum Gasteiger partial charge on any atom is 0.411 e. The van der Waals surface area contributed by atoms with Crippen molar-refractivity contribution in [3.8, 4) is 0 Å². The molecule has 2 amide bonds. The predicted octanol–water partition coefficient (Wildman–Crippen LogP) is 8.09. The van der Waals surface area contributed by atoms with Gasteiger partial charge in [-0.3, -0.25) is 19.6 Å². The van der Waals surface area contributed by atoms with Gasteiger partial charge in [-0.05, 0) is 108 Å². The number of carbonyl (C=O) groups is 2. The fraction of sp³-hybridized carbons (Fsp3) is 0.317. The molecule has 9 nitrogen and oxygen atoms in total. The minimum absolute atomic E-state index is 0.187. The van der Waals surface area contributed by atoms with Crippen LogP contribution in [-0.2, 0) is 35.5 Å². The summed E-state index contributed by atoms with van der Waals surface area (Å²) in [5.74, 6) is -0.187. The summed E-state index contributed by atoms with van der Waals surface area (Å²) in [4.78, 5) is 44.1. The number of pyridine rings is 1. The second kappa shape index (κ2) is 15.2. The van der Waals surface area contributed by atoms with Gasteiger partial charge in [0.05, 0.1) is 24.6 Å². The number of piperazine rings is 1. The number of anilines is 1. The van der Waals surface area contributed by atoms with E-state index in [1.807, 2.05) is 109 Å². The van der Waals surface area contributed by atoms with E-state index in [9.17, 15) is 4.79 Å². The Morgan fingerprint density at radius 1 is 0.962 bits per heavy atom. The molecule has 11 heteroatoms. The normalized spacial score (nSPS) is 17.5. The van der Waals surface area contributed by atoms with Crippen LogP contribution in [0.1, 0.15) is 60.3 Å². The second-order valence-electron chi connectivity index (χ2n) is 14.4. The average Bonchev–Trinajstić information content (AvgIpc) is 3.58. The molecule has 2 aliphatic rings. The largest absolute Gasteiger partial charge is 0.444 e. The maximum atomic E-state index is 15.3. The molecule has 7 rings (SSSR count). The Bertz CT molecular complexity index is 2000. The summed E-state index contributed by atoms with van der Waals surface area (Å²) in [6.45, 7) is 7.58. The quantitative estimate of drug-likeness (QED) is 0.166. The summed E-state index contributed by atoms with van der Waals surface area (Å²) < 4.78 is 8.85. The Morgan fingerprint density at radius 3 is 2.52 bits per heavy atom. The molecule has 1 fully saturated rings. The smallest absolute Gasteiger partial charge is 0.411 e. The van der Waals surface area contributed by atoms with Crippen molar-refractivity contribution in [1.29, 1.82) is 0 Å². The van der Waals surface area contributed by atoms with E-state index in [0.29, 0.717) is 31.2 Å². The number of nitrogens with zero attached hydrogens (tertiary/aromatic N) is 6. The fourth-order valence-electron chi connectivity index (χ4n) is 7.23. The monoisotopic (exact) mass is 780 g/mol. The summed E-state index contributed by atoms with van der Waals surface area (Å²) in [6, 6.07) is 25.1. The lowest BCUT2D eigenvalue weighted by Gasteiger charge is -2.45. The molecule has 0 radical (unpaired) electrons. The second-order valence-corrected chi connectivity index (χ2v) is 15.8. The van der Waals surface area contributed by atoms with Crippen LogP contribution in [0, 0.1) is 0 Å².